The van der Waals surface area contributed by atoms with Crippen molar-refractivity contribution in [2.45, 2.75) is 25.3 Å². The number of nitrogens with one attached hydrogen (secondary N) is 1. The third kappa shape index (κ3) is 4.11. The highest BCUT2D eigenvalue weighted by Gasteiger charge is 2.36. The Kier molecular flexibility index (Phi) is 5.77. The van der Waals surface area contributed by atoms with Gasteiger partial charge in [-0.25, -0.2) is 0 Å². The fourth-order valence-electron chi connectivity index (χ4n) is 4.37. The lowest BCUT2D eigenvalue weighted by atomic mass is 9.95. The molecule has 1 amide bonds. The summed E-state index contributed by atoms with van der Waals surface area (Å²) in [6.07, 6.45) is 1.83. The molecule has 1 atom stereocenters. The first-order valence-electron chi connectivity index (χ1n) is 9.68. The third-order valence-corrected chi connectivity index (χ3v) is 6.17. The van der Waals surface area contributed by atoms with E-state index < -0.39 is 6.04 Å². The van der Waals surface area contributed by atoms with Gasteiger partial charge >= 0.3 is 0 Å². The Labute approximate surface area is 180 Å². The van der Waals surface area contributed by atoms with Crippen LogP contribution in [0.15, 0.2) is 48.0 Å². The van der Waals surface area contributed by atoms with Crippen LogP contribution in [0.3, 0.4) is 0 Å². The topological polar surface area (TPSA) is 49.4 Å². The molecule has 1 aliphatic carbocycles. The average Bonchev–Trinajstić information content (AvgIpc) is 3.05. The summed E-state index contributed by atoms with van der Waals surface area (Å²) in [5.41, 5.74) is 5.89. The molecule has 0 spiro atoms. The number of carbonyl (C=O) groups is 2. The maximum absolute atomic E-state index is 13.1. The number of halogens is 2. The molecule has 6 heteroatoms. The number of fused-ring (bicyclic) bond motifs is 2. The maximum Gasteiger partial charge on any atom is 0.244 e. The predicted molar refractivity (Wildman–Crippen MR) is 116 cm³/mol. The lowest BCUT2D eigenvalue weighted by molar-refractivity contribution is -0.135. The molecule has 1 heterocycles. The van der Waals surface area contributed by atoms with Crippen molar-refractivity contribution in [3.05, 3.63) is 74.8 Å². The van der Waals surface area contributed by atoms with Crippen molar-refractivity contribution in [2.24, 2.45) is 0 Å². The summed E-state index contributed by atoms with van der Waals surface area (Å²) < 4.78 is 0. The molecule has 2 aromatic rings. The fraction of sp³-hybridized carbons (Fsp3) is 0.304. The minimum absolute atomic E-state index is 0.116. The smallest absolute Gasteiger partial charge is 0.244 e. The van der Waals surface area contributed by atoms with E-state index in [-0.39, 0.29) is 18.1 Å². The molecule has 0 saturated carbocycles. The van der Waals surface area contributed by atoms with Gasteiger partial charge < -0.3 is 5.32 Å². The van der Waals surface area contributed by atoms with E-state index in [1.54, 1.807) is 19.2 Å². The Hall–Kier alpha value is -2.14. The van der Waals surface area contributed by atoms with Crippen molar-refractivity contribution < 1.29 is 9.59 Å². The van der Waals surface area contributed by atoms with Crippen molar-refractivity contribution in [2.75, 3.05) is 20.1 Å². The number of nitrogens with zero attached hydrogens (tertiary/aromatic N) is 1. The molecular weight excluding hydrogens is 407 g/mol. The molecule has 29 heavy (non-hydrogen) atoms. The third-order valence-electron chi connectivity index (χ3n) is 5.70. The minimum atomic E-state index is -0.805. The normalized spacial score (nSPS) is 16.9. The van der Waals surface area contributed by atoms with E-state index >= 15 is 0 Å². The van der Waals surface area contributed by atoms with Crippen molar-refractivity contribution in [1.82, 2.24) is 10.2 Å². The monoisotopic (exact) mass is 428 g/mol. The number of carbonyl (C=O) groups excluding carboxylic acids is 2. The Morgan fingerprint density at radius 1 is 1.14 bits per heavy atom. The zero-order valence-electron chi connectivity index (χ0n) is 16.2. The summed E-state index contributed by atoms with van der Waals surface area (Å²) in [6.45, 7) is 1.27. The van der Waals surface area contributed by atoms with Crippen LogP contribution in [0.2, 0.25) is 10.0 Å². The number of ketones is 1. The molecule has 4 nitrogen and oxygen atoms in total. The van der Waals surface area contributed by atoms with E-state index in [0.717, 1.165) is 23.4 Å². The van der Waals surface area contributed by atoms with E-state index in [0.29, 0.717) is 18.1 Å². The molecule has 0 aromatic heterocycles. The lowest BCUT2D eigenvalue weighted by Crippen LogP contribution is -2.53. The van der Waals surface area contributed by atoms with Gasteiger partial charge in [0.2, 0.25) is 5.91 Å². The number of benzene rings is 2. The van der Waals surface area contributed by atoms with Crippen LogP contribution in [-0.2, 0) is 22.4 Å². The highest BCUT2D eigenvalue weighted by atomic mass is 35.5. The molecule has 2 aromatic carbocycles. The van der Waals surface area contributed by atoms with Crippen LogP contribution < -0.4 is 5.32 Å². The van der Waals surface area contributed by atoms with Crippen molar-refractivity contribution in [1.29, 1.82) is 0 Å². The van der Waals surface area contributed by atoms with Crippen LogP contribution in [0.5, 0.6) is 0 Å². The van der Waals surface area contributed by atoms with E-state index in [2.05, 4.69) is 11.4 Å². The highest BCUT2D eigenvalue weighted by Crippen LogP contribution is 2.39. The van der Waals surface area contributed by atoms with Crippen LogP contribution in [0.25, 0.3) is 5.57 Å². The molecule has 1 unspecified atom stereocenters. The molecule has 4 rings (SSSR count). The van der Waals surface area contributed by atoms with E-state index in [4.69, 9.17) is 23.2 Å². The number of Topliss-reactive ketones (excluding diaryl/α,β-unsaturated/α-hetero) is 1. The summed E-state index contributed by atoms with van der Waals surface area (Å²) >= 11 is 12.2. The highest BCUT2D eigenvalue weighted by molar-refractivity contribution is 6.31. The molecule has 0 fully saturated rings. The Morgan fingerprint density at radius 2 is 1.93 bits per heavy atom. The number of likely N-dealkylation sites (N-methyl/N-ethyl adjacent to an activating group) is 1. The van der Waals surface area contributed by atoms with Crippen molar-refractivity contribution >= 4 is 40.5 Å². The first kappa shape index (κ1) is 20.1. The number of amides is 1. The summed E-state index contributed by atoms with van der Waals surface area (Å²) in [7, 11) is 1.57. The van der Waals surface area contributed by atoms with Gasteiger partial charge in [-0.1, -0.05) is 41.4 Å². The van der Waals surface area contributed by atoms with Gasteiger partial charge in [0.1, 0.15) is 6.04 Å². The van der Waals surface area contributed by atoms with Gasteiger partial charge in [0.05, 0.1) is 0 Å². The molecule has 0 saturated heterocycles. The lowest BCUT2D eigenvalue weighted by Gasteiger charge is -2.33. The summed E-state index contributed by atoms with van der Waals surface area (Å²) in [6, 6.07) is 12.4. The van der Waals surface area contributed by atoms with E-state index in [9.17, 15) is 9.59 Å². The first-order chi connectivity index (χ1) is 14.0. The van der Waals surface area contributed by atoms with Crippen molar-refractivity contribution in [3.8, 4) is 0 Å². The van der Waals surface area contributed by atoms with Crippen LogP contribution in [0, 0.1) is 0 Å². The summed E-state index contributed by atoms with van der Waals surface area (Å²) in [5.74, 6) is -0.381. The van der Waals surface area contributed by atoms with Gasteiger partial charge in [-0.15, -0.1) is 0 Å². The van der Waals surface area contributed by atoms with Gasteiger partial charge in [-0.3, -0.25) is 14.5 Å². The van der Waals surface area contributed by atoms with E-state index in [1.165, 1.54) is 22.3 Å². The predicted octanol–water partition coefficient (Wildman–Crippen LogP) is 3.94. The van der Waals surface area contributed by atoms with Crippen LogP contribution >= 0.6 is 23.2 Å². The Bertz CT molecular complexity index is 1020. The molecule has 1 N–H and O–H groups in total. The molecule has 0 radical (unpaired) electrons. The number of hydrogen-bond acceptors (Lipinski definition) is 3. The summed E-state index contributed by atoms with van der Waals surface area (Å²) in [4.78, 5) is 27.7. The zero-order valence-corrected chi connectivity index (χ0v) is 17.7. The van der Waals surface area contributed by atoms with E-state index in [1.807, 2.05) is 29.2 Å². The molecule has 150 valence electrons. The Morgan fingerprint density at radius 3 is 2.69 bits per heavy atom. The second-order valence-electron chi connectivity index (χ2n) is 7.57. The second-order valence-corrected chi connectivity index (χ2v) is 8.44. The van der Waals surface area contributed by atoms with Crippen molar-refractivity contribution in [3.63, 3.8) is 0 Å². The van der Waals surface area contributed by atoms with Crippen LogP contribution in [-0.4, -0.2) is 42.8 Å². The average molecular weight is 429 g/mol. The molecule has 2 aliphatic rings. The van der Waals surface area contributed by atoms with Gasteiger partial charge in [-0.05, 0) is 64.9 Å². The van der Waals surface area contributed by atoms with Crippen LogP contribution in [0.4, 0.5) is 0 Å². The fourth-order valence-corrected chi connectivity index (χ4v) is 4.76. The largest absolute Gasteiger partial charge is 0.357 e. The van der Waals surface area contributed by atoms with Gasteiger partial charge in [0.25, 0.3) is 0 Å². The van der Waals surface area contributed by atoms with Gasteiger partial charge in [-0.2, -0.15) is 0 Å². The number of hydrogen-bond donors (Lipinski definition) is 1. The van der Waals surface area contributed by atoms with Crippen LogP contribution in [0.1, 0.15) is 23.1 Å². The Balaban J connectivity index is 1.55. The van der Waals surface area contributed by atoms with Gasteiger partial charge in [0.15, 0.2) is 5.78 Å². The standard InChI is InChI=1S/C23H22Cl2N2O2/c1-26-23(29)22(21(28)10-14-3-2-4-17(24)9-14)27-8-7-19-16(13-27)11-15-5-6-18(25)12-20(15)19/h2-6,9,12,22H,7-8,10-11,13H2,1H3,(H,26,29). The first-order valence-corrected chi connectivity index (χ1v) is 10.4. The maximum atomic E-state index is 13.1. The van der Waals surface area contributed by atoms with Gasteiger partial charge in [0, 0.05) is 36.6 Å². The SMILES string of the molecule is CNC(=O)C(C(=O)Cc1cccc(Cl)c1)N1CCC2=C(Cc3ccc(Cl)cc32)C1. The minimum Gasteiger partial charge on any atom is -0.357 e. The quantitative estimate of drug-likeness (QED) is 0.733. The summed E-state index contributed by atoms with van der Waals surface area (Å²) in [5, 5.41) is 3.98. The zero-order chi connectivity index (χ0) is 20.5. The molecule has 1 aliphatic heterocycles. The second kappa shape index (κ2) is 8.31. The number of rotatable bonds is 5. The molecule has 0 bridgehead atoms. The molecular formula is C23H22Cl2N2O2.